The van der Waals surface area contributed by atoms with Crippen LogP contribution in [0.2, 0.25) is 5.02 Å². The molecule has 124 valence electrons. The number of aromatic nitrogens is 1. The van der Waals surface area contributed by atoms with Crippen molar-refractivity contribution in [3.05, 3.63) is 51.9 Å². The average molecular weight is 335 g/mol. The smallest absolute Gasteiger partial charge is 0.191 e. The Balaban J connectivity index is 1.87. The first-order valence-electron chi connectivity index (χ1n) is 7.65. The number of hydrogen-bond donors (Lipinski definition) is 2. The second-order valence-electron chi connectivity index (χ2n) is 5.47. The molecule has 1 aromatic heterocycles. The standard InChI is InChI=1S/C17H23ClN4O/c1-11(14-5-7-15(18)8-6-14)21-17(19-4)20-10-9-16-12(2)22-23-13(16)3/h5-8,11H,9-10H2,1-4H3,(H2,19,20,21). The molecule has 0 aliphatic heterocycles. The van der Waals surface area contributed by atoms with Crippen LogP contribution in [-0.4, -0.2) is 24.7 Å². The number of benzene rings is 1. The Morgan fingerprint density at radius 1 is 1.30 bits per heavy atom. The van der Waals surface area contributed by atoms with Gasteiger partial charge in [0.05, 0.1) is 11.7 Å². The van der Waals surface area contributed by atoms with E-state index in [1.165, 1.54) is 0 Å². The second kappa shape index (κ2) is 8.02. The first-order chi connectivity index (χ1) is 11.0. The van der Waals surface area contributed by atoms with Gasteiger partial charge in [0, 0.05) is 24.2 Å². The zero-order valence-electron chi connectivity index (χ0n) is 14.0. The van der Waals surface area contributed by atoms with Crippen LogP contribution < -0.4 is 10.6 Å². The summed E-state index contributed by atoms with van der Waals surface area (Å²) in [6.07, 6.45) is 0.844. The molecule has 0 radical (unpaired) electrons. The molecular weight excluding hydrogens is 312 g/mol. The third-order valence-electron chi connectivity index (χ3n) is 3.80. The number of halogens is 1. The summed E-state index contributed by atoms with van der Waals surface area (Å²) in [4.78, 5) is 4.26. The number of nitrogens with zero attached hydrogens (tertiary/aromatic N) is 2. The molecule has 1 atom stereocenters. The van der Waals surface area contributed by atoms with Crippen molar-refractivity contribution in [1.29, 1.82) is 0 Å². The third kappa shape index (κ3) is 4.73. The molecule has 5 nitrogen and oxygen atoms in total. The highest BCUT2D eigenvalue weighted by atomic mass is 35.5. The summed E-state index contributed by atoms with van der Waals surface area (Å²) in [5.74, 6) is 1.64. The van der Waals surface area contributed by atoms with Crippen LogP contribution in [-0.2, 0) is 6.42 Å². The van der Waals surface area contributed by atoms with Crippen molar-refractivity contribution < 1.29 is 4.52 Å². The van der Waals surface area contributed by atoms with Gasteiger partial charge in [-0.2, -0.15) is 0 Å². The zero-order chi connectivity index (χ0) is 16.8. The molecule has 23 heavy (non-hydrogen) atoms. The summed E-state index contributed by atoms with van der Waals surface area (Å²) in [5.41, 5.74) is 3.25. The van der Waals surface area contributed by atoms with E-state index in [1.54, 1.807) is 7.05 Å². The van der Waals surface area contributed by atoms with Gasteiger partial charge in [0.15, 0.2) is 5.96 Å². The first-order valence-corrected chi connectivity index (χ1v) is 8.03. The van der Waals surface area contributed by atoms with Crippen LogP contribution in [0.25, 0.3) is 0 Å². The molecule has 2 N–H and O–H groups in total. The van der Waals surface area contributed by atoms with Crippen LogP contribution in [0.5, 0.6) is 0 Å². The molecule has 0 saturated carbocycles. The topological polar surface area (TPSA) is 62.5 Å². The summed E-state index contributed by atoms with van der Waals surface area (Å²) >= 11 is 5.92. The highest BCUT2D eigenvalue weighted by Gasteiger charge is 2.10. The first kappa shape index (κ1) is 17.3. The second-order valence-corrected chi connectivity index (χ2v) is 5.91. The number of nitrogens with one attached hydrogen (secondary N) is 2. The normalized spacial score (nSPS) is 13.0. The van der Waals surface area contributed by atoms with Crippen molar-refractivity contribution in [2.45, 2.75) is 33.2 Å². The predicted octanol–water partition coefficient (Wildman–Crippen LogP) is 3.41. The molecule has 0 aliphatic carbocycles. The van der Waals surface area contributed by atoms with Crippen molar-refractivity contribution in [2.24, 2.45) is 4.99 Å². The van der Waals surface area contributed by atoms with Gasteiger partial charge in [0.2, 0.25) is 0 Å². The summed E-state index contributed by atoms with van der Waals surface area (Å²) in [6.45, 7) is 6.74. The maximum Gasteiger partial charge on any atom is 0.191 e. The fourth-order valence-electron chi connectivity index (χ4n) is 2.40. The molecule has 1 heterocycles. The maximum absolute atomic E-state index is 5.92. The summed E-state index contributed by atoms with van der Waals surface area (Å²) in [5, 5.41) is 11.4. The van der Waals surface area contributed by atoms with Crippen LogP contribution in [0, 0.1) is 13.8 Å². The average Bonchev–Trinajstić information content (AvgIpc) is 2.86. The molecule has 1 unspecified atom stereocenters. The molecular formula is C17H23ClN4O. The minimum Gasteiger partial charge on any atom is -0.361 e. The van der Waals surface area contributed by atoms with Gasteiger partial charge in [-0.15, -0.1) is 0 Å². The van der Waals surface area contributed by atoms with E-state index in [0.717, 1.165) is 46.5 Å². The van der Waals surface area contributed by atoms with Crippen molar-refractivity contribution in [3.8, 4) is 0 Å². The largest absolute Gasteiger partial charge is 0.361 e. The number of hydrogen-bond acceptors (Lipinski definition) is 3. The fourth-order valence-corrected chi connectivity index (χ4v) is 2.53. The Bertz CT molecular complexity index is 644. The summed E-state index contributed by atoms with van der Waals surface area (Å²) in [7, 11) is 1.76. The van der Waals surface area contributed by atoms with Gasteiger partial charge >= 0.3 is 0 Å². The Morgan fingerprint density at radius 2 is 2.00 bits per heavy atom. The molecule has 0 fully saturated rings. The Kier molecular flexibility index (Phi) is 6.04. The van der Waals surface area contributed by atoms with Gasteiger partial charge in [-0.1, -0.05) is 28.9 Å². The molecule has 0 amide bonds. The van der Waals surface area contributed by atoms with Gasteiger partial charge in [-0.3, -0.25) is 4.99 Å². The van der Waals surface area contributed by atoms with E-state index < -0.39 is 0 Å². The minimum atomic E-state index is 0.137. The van der Waals surface area contributed by atoms with Crippen molar-refractivity contribution >= 4 is 17.6 Å². The predicted molar refractivity (Wildman–Crippen MR) is 94.0 cm³/mol. The van der Waals surface area contributed by atoms with Gasteiger partial charge < -0.3 is 15.2 Å². The van der Waals surface area contributed by atoms with E-state index >= 15 is 0 Å². The van der Waals surface area contributed by atoms with E-state index in [2.05, 4.69) is 27.7 Å². The van der Waals surface area contributed by atoms with E-state index in [9.17, 15) is 0 Å². The molecule has 6 heteroatoms. The fraction of sp³-hybridized carbons (Fsp3) is 0.412. The van der Waals surface area contributed by atoms with Crippen molar-refractivity contribution in [3.63, 3.8) is 0 Å². The van der Waals surface area contributed by atoms with Gasteiger partial charge in [0.25, 0.3) is 0 Å². The lowest BCUT2D eigenvalue weighted by Crippen LogP contribution is -2.39. The lowest BCUT2D eigenvalue weighted by molar-refractivity contribution is 0.392. The zero-order valence-corrected chi connectivity index (χ0v) is 14.7. The Hall–Kier alpha value is -2.01. The molecule has 0 aliphatic rings. The van der Waals surface area contributed by atoms with Crippen molar-refractivity contribution in [2.75, 3.05) is 13.6 Å². The lowest BCUT2D eigenvalue weighted by Gasteiger charge is -2.18. The van der Waals surface area contributed by atoms with E-state index in [0.29, 0.717) is 0 Å². The summed E-state index contributed by atoms with van der Waals surface area (Å²) in [6, 6.07) is 7.94. The monoisotopic (exact) mass is 334 g/mol. The highest BCUT2D eigenvalue weighted by molar-refractivity contribution is 6.30. The molecule has 2 aromatic rings. The third-order valence-corrected chi connectivity index (χ3v) is 4.05. The molecule has 1 aromatic carbocycles. The van der Waals surface area contributed by atoms with E-state index in [4.69, 9.17) is 16.1 Å². The molecule has 0 bridgehead atoms. The van der Waals surface area contributed by atoms with Crippen LogP contribution in [0.4, 0.5) is 0 Å². The van der Waals surface area contributed by atoms with Crippen molar-refractivity contribution in [1.82, 2.24) is 15.8 Å². The number of guanidine groups is 1. The maximum atomic E-state index is 5.92. The van der Waals surface area contributed by atoms with Crippen LogP contribution in [0.15, 0.2) is 33.8 Å². The molecule has 2 rings (SSSR count). The lowest BCUT2D eigenvalue weighted by atomic mass is 10.1. The van der Waals surface area contributed by atoms with E-state index in [-0.39, 0.29) is 6.04 Å². The number of aliphatic imine (C=N–C) groups is 1. The Morgan fingerprint density at radius 3 is 2.57 bits per heavy atom. The summed E-state index contributed by atoms with van der Waals surface area (Å²) < 4.78 is 5.18. The van der Waals surface area contributed by atoms with Crippen LogP contribution >= 0.6 is 11.6 Å². The Labute approximate surface area is 142 Å². The van der Waals surface area contributed by atoms with Crippen LogP contribution in [0.1, 0.15) is 35.5 Å². The number of aryl methyl sites for hydroxylation is 2. The molecule has 0 saturated heterocycles. The minimum absolute atomic E-state index is 0.137. The molecule has 0 spiro atoms. The van der Waals surface area contributed by atoms with E-state index in [1.807, 2.05) is 38.1 Å². The van der Waals surface area contributed by atoms with Gasteiger partial charge in [0.1, 0.15) is 5.76 Å². The highest BCUT2D eigenvalue weighted by Crippen LogP contribution is 2.16. The number of rotatable bonds is 5. The van der Waals surface area contributed by atoms with Gasteiger partial charge in [-0.05, 0) is 44.9 Å². The van der Waals surface area contributed by atoms with Crippen LogP contribution in [0.3, 0.4) is 0 Å². The quantitative estimate of drug-likeness (QED) is 0.649. The SMILES string of the molecule is CN=C(NCCc1c(C)noc1C)NC(C)c1ccc(Cl)cc1. The van der Waals surface area contributed by atoms with Gasteiger partial charge in [-0.25, -0.2) is 0 Å².